The first-order chi connectivity index (χ1) is 11.1. The van der Waals surface area contributed by atoms with Gasteiger partial charge in [0, 0.05) is 18.3 Å². The van der Waals surface area contributed by atoms with Crippen molar-refractivity contribution < 1.29 is 14.4 Å². The maximum Gasteiger partial charge on any atom is 0.312 e. The highest BCUT2D eigenvalue weighted by molar-refractivity contribution is 6.33. The van der Waals surface area contributed by atoms with Gasteiger partial charge in [0.1, 0.15) is 23.7 Å². The van der Waals surface area contributed by atoms with Crippen molar-refractivity contribution in [3.05, 3.63) is 51.8 Å². The van der Waals surface area contributed by atoms with Gasteiger partial charge >= 0.3 is 5.69 Å². The molecule has 2 aromatic rings. The lowest BCUT2D eigenvalue weighted by atomic mass is 10.2. The number of benzene rings is 1. The van der Waals surface area contributed by atoms with Crippen LogP contribution >= 0.6 is 11.6 Å². The minimum Gasteiger partial charge on any atom is -0.488 e. The van der Waals surface area contributed by atoms with Crippen LogP contribution in [0.1, 0.15) is 6.42 Å². The molecule has 0 saturated carbocycles. The van der Waals surface area contributed by atoms with E-state index in [0.29, 0.717) is 18.9 Å². The Labute approximate surface area is 137 Å². The maximum atomic E-state index is 11.0. The molecule has 1 aliphatic heterocycles. The number of hydrogen-bond donors (Lipinski definition) is 1. The maximum absolute atomic E-state index is 11.0. The van der Waals surface area contributed by atoms with Crippen molar-refractivity contribution in [1.82, 2.24) is 4.98 Å². The summed E-state index contributed by atoms with van der Waals surface area (Å²) in [6.45, 7) is 1.31. The fourth-order valence-corrected chi connectivity index (χ4v) is 2.45. The normalized spacial score (nSPS) is 17.0. The summed E-state index contributed by atoms with van der Waals surface area (Å²) in [4.78, 5) is 14.3. The van der Waals surface area contributed by atoms with E-state index >= 15 is 0 Å². The Balaban J connectivity index is 1.74. The number of nitrogens with one attached hydrogen (secondary N) is 1. The summed E-state index contributed by atoms with van der Waals surface area (Å²) in [6, 6.07) is 7.13. The van der Waals surface area contributed by atoms with E-state index in [-0.39, 0.29) is 22.5 Å². The first-order valence-corrected chi connectivity index (χ1v) is 7.40. The second-order valence-electron chi connectivity index (χ2n) is 5.03. The monoisotopic (exact) mass is 335 g/mol. The molecule has 0 bridgehead atoms. The van der Waals surface area contributed by atoms with Crippen molar-refractivity contribution in [2.75, 3.05) is 18.5 Å². The topological polar surface area (TPSA) is 86.5 Å². The summed E-state index contributed by atoms with van der Waals surface area (Å²) in [5, 5.41) is 14.2. The van der Waals surface area contributed by atoms with E-state index in [9.17, 15) is 10.1 Å². The molecule has 1 aliphatic rings. The van der Waals surface area contributed by atoms with E-state index in [1.165, 1.54) is 6.20 Å². The lowest BCUT2D eigenvalue weighted by molar-refractivity contribution is -0.384. The zero-order valence-corrected chi connectivity index (χ0v) is 12.8. The van der Waals surface area contributed by atoms with Crippen molar-refractivity contribution in [2.24, 2.45) is 0 Å². The highest BCUT2D eigenvalue weighted by Gasteiger charge is 2.19. The molecule has 1 unspecified atom stereocenters. The molecular formula is C15H14ClN3O4. The van der Waals surface area contributed by atoms with Crippen molar-refractivity contribution in [3.8, 4) is 5.75 Å². The fourth-order valence-electron chi connectivity index (χ4n) is 2.25. The SMILES string of the molecule is O=[N+]([O-])c1cncc(Cl)c1Nc1ccc(OC2CCOC2)cc1. The summed E-state index contributed by atoms with van der Waals surface area (Å²) in [5.41, 5.74) is 0.696. The van der Waals surface area contributed by atoms with Crippen LogP contribution in [0, 0.1) is 10.1 Å². The Bertz CT molecular complexity index is 702. The Kier molecular flexibility index (Phi) is 4.59. The van der Waals surface area contributed by atoms with Crippen LogP contribution in [0.4, 0.5) is 17.1 Å². The van der Waals surface area contributed by atoms with Crippen LogP contribution in [0.5, 0.6) is 5.75 Å². The molecule has 1 atom stereocenters. The van der Waals surface area contributed by atoms with Crippen LogP contribution in [0.25, 0.3) is 0 Å². The number of anilines is 2. The molecule has 0 aliphatic carbocycles. The Morgan fingerprint density at radius 2 is 2.13 bits per heavy atom. The number of rotatable bonds is 5. The number of ether oxygens (including phenoxy) is 2. The van der Waals surface area contributed by atoms with Crippen molar-refractivity contribution >= 4 is 28.7 Å². The van der Waals surface area contributed by atoms with Crippen molar-refractivity contribution in [2.45, 2.75) is 12.5 Å². The number of halogens is 1. The number of nitro groups is 1. The van der Waals surface area contributed by atoms with Gasteiger partial charge < -0.3 is 14.8 Å². The lowest BCUT2D eigenvalue weighted by Crippen LogP contribution is -2.15. The zero-order chi connectivity index (χ0) is 16.2. The minimum atomic E-state index is -0.529. The molecule has 120 valence electrons. The van der Waals surface area contributed by atoms with Gasteiger partial charge in [-0.2, -0.15) is 0 Å². The number of hydrogen-bond acceptors (Lipinski definition) is 6. The van der Waals surface area contributed by atoms with Crippen LogP contribution in [-0.2, 0) is 4.74 Å². The average Bonchev–Trinajstić information content (AvgIpc) is 3.04. The standard InChI is InChI=1S/C15H14ClN3O4/c16-13-7-17-8-14(19(20)21)15(13)18-10-1-3-11(4-2-10)23-12-5-6-22-9-12/h1-4,7-8,12H,5-6,9H2,(H,17,18). The molecule has 1 N–H and O–H groups in total. The van der Waals surface area contributed by atoms with E-state index in [1.54, 1.807) is 24.3 Å². The largest absolute Gasteiger partial charge is 0.488 e. The number of nitrogens with zero attached hydrogens (tertiary/aromatic N) is 2. The predicted molar refractivity (Wildman–Crippen MR) is 85.5 cm³/mol. The smallest absolute Gasteiger partial charge is 0.312 e. The molecule has 2 heterocycles. The van der Waals surface area contributed by atoms with Crippen LogP contribution in [0.15, 0.2) is 36.7 Å². The summed E-state index contributed by atoms with van der Waals surface area (Å²) in [5.74, 6) is 0.723. The molecule has 7 nitrogen and oxygen atoms in total. The second-order valence-corrected chi connectivity index (χ2v) is 5.43. The van der Waals surface area contributed by atoms with Gasteiger partial charge in [0.05, 0.1) is 23.2 Å². The van der Waals surface area contributed by atoms with Crippen LogP contribution in [0.2, 0.25) is 5.02 Å². The van der Waals surface area contributed by atoms with Crippen LogP contribution in [0.3, 0.4) is 0 Å². The average molecular weight is 336 g/mol. The third-order valence-electron chi connectivity index (χ3n) is 3.39. The van der Waals surface area contributed by atoms with Gasteiger partial charge in [-0.3, -0.25) is 15.1 Å². The van der Waals surface area contributed by atoms with E-state index in [0.717, 1.165) is 18.4 Å². The molecule has 0 spiro atoms. The third-order valence-corrected chi connectivity index (χ3v) is 3.68. The molecule has 23 heavy (non-hydrogen) atoms. The lowest BCUT2D eigenvalue weighted by Gasteiger charge is -2.13. The molecular weight excluding hydrogens is 322 g/mol. The van der Waals surface area contributed by atoms with Gasteiger partial charge in [0.15, 0.2) is 0 Å². The predicted octanol–water partition coefficient (Wildman–Crippen LogP) is 3.55. The van der Waals surface area contributed by atoms with Crippen LogP contribution < -0.4 is 10.1 Å². The second kappa shape index (κ2) is 6.80. The van der Waals surface area contributed by atoms with Gasteiger partial charge in [-0.05, 0) is 24.3 Å². The molecule has 0 amide bonds. The Morgan fingerprint density at radius 3 is 2.78 bits per heavy atom. The molecule has 1 fully saturated rings. The molecule has 0 radical (unpaired) electrons. The molecule has 3 rings (SSSR count). The van der Waals surface area contributed by atoms with Crippen LogP contribution in [-0.4, -0.2) is 29.2 Å². The highest BCUT2D eigenvalue weighted by atomic mass is 35.5. The summed E-state index contributed by atoms with van der Waals surface area (Å²) < 4.78 is 11.0. The zero-order valence-electron chi connectivity index (χ0n) is 12.1. The quantitative estimate of drug-likeness (QED) is 0.664. The van der Waals surface area contributed by atoms with Gasteiger partial charge in [0.25, 0.3) is 0 Å². The first-order valence-electron chi connectivity index (χ1n) is 7.03. The highest BCUT2D eigenvalue weighted by Crippen LogP contribution is 2.33. The van der Waals surface area contributed by atoms with Crippen molar-refractivity contribution in [1.29, 1.82) is 0 Å². The summed E-state index contributed by atoms with van der Waals surface area (Å²) >= 11 is 6.00. The molecule has 1 aromatic carbocycles. The molecule has 1 aromatic heterocycles. The van der Waals surface area contributed by atoms with E-state index in [2.05, 4.69) is 10.3 Å². The Morgan fingerprint density at radius 1 is 1.35 bits per heavy atom. The van der Waals surface area contributed by atoms with Crippen molar-refractivity contribution in [3.63, 3.8) is 0 Å². The minimum absolute atomic E-state index is 0.0736. The third kappa shape index (κ3) is 3.69. The first kappa shape index (κ1) is 15.5. The van der Waals surface area contributed by atoms with Gasteiger partial charge in [-0.1, -0.05) is 11.6 Å². The van der Waals surface area contributed by atoms with Gasteiger partial charge in [-0.25, -0.2) is 0 Å². The fraction of sp³-hybridized carbons (Fsp3) is 0.267. The summed E-state index contributed by atoms with van der Waals surface area (Å²) in [6.07, 6.45) is 3.46. The molecule has 8 heteroatoms. The molecule has 1 saturated heterocycles. The number of pyridine rings is 1. The Hall–Kier alpha value is -2.38. The van der Waals surface area contributed by atoms with E-state index < -0.39 is 4.92 Å². The summed E-state index contributed by atoms with van der Waals surface area (Å²) in [7, 11) is 0. The van der Waals surface area contributed by atoms with Gasteiger partial charge in [0.2, 0.25) is 0 Å². The van der Waals surface area contributed by atoms with Gasteiger partial charge in [-0.15, -0.1) is 0 Å². The number of aromatic nitrogens is 1. The van der Waals surface area contributed by atoms with E-state index in [4.69, 9.17) is 21.1 Å². The van der Waals surface area contributed by atoms with E-state index in [1.807, 2.05) is 0 Å².